The fourth-order valence-corrected chi connectivity index (χ4v) is 2.49. The number of aliphatic hydroxyl groups is 1. The molecule has 0 aromatic heterocycles. The van der Waals surface area contributed by atoms with E-state index in [1.54, 1.807) is 0 Å². The first kappa shape index (κ1) is 16.0. The van der Waals surface area contributed by atoms with Gasteiger partial charge in [0.05, 0.1) is 25.8 Å². The Bertz CT molecular complexity index is 617. The van der Waals surface area contributed by atoms with Crippen LogP contribution in [0.25, 0.3) is 0 Å². The first-order valence-corrected chi connectivity index (χ1v) is 7.04. The van der Waals surface area contributed by atoms with E-state index in [9.17, 15) is 9.59 Å². The van der Waals surface area contributed by atoms with Gasteiger partial charge >= 0.3 is 5.97 Å². The number of para-hydroxylation sites is 1. The molecule has 1 aliphatic heterocycles. The van der Waals surface area contributed by atoms with Crippen LogP contribution in [0.5, 0.6) is 0 Å². The number of esters is 1. The number of methoxy groups -OCH3 is 1. The molecule has 1 aromatic rings. The van der Waals surface area contributed by atoms with Gasteiger partial charge in [0.25, 0.3) is 5.91 Å². The van der Waals surface area contributed by atoms with Crippen molar-refractivity contribution in [2.24, 2.45) is 0 Å². The number of ether oxygens (including phenoxy) is 1. The molecule has 1 amide bonds. The van der Waals surface area contributed by atoms with Crippen molar-refractivity contribution in [2.45, 2.75) is 13.8 Å². The second-order valence-corrected chi connectivity index (χ2v) is 5.19. The van der Waals surface area contributed by atoms with Gasteiger partial charge in [0, 0.05) is 12.2 Å². The third-order valence-corrected chi connectivity index (χ3v) is 3.68. The Balaban J connectivity index is 2.39. The lowest BCUT2D eigenvalue weighted by Crippen LogP contribution is -2.31. The number of aryl methyl sites for hydroxylation is 2. The molecule has 118 valence electrons. The van der Waals surface area contributed by atoms with E-state index in [-0.39, 0.29) is 36.9 Å². The maximum atomic E-state index is 12.4. The Labute approximate surface area is 129 Å². The van der Waals surface area contributed by atoms with Gasteiger partial charge < -0.3 is 20.1 Å². The number of nitrogens with zero attached hydrogens (tertiary/aromatic N) is 1. The molecule has 1 aromatic carbocycles. The van der Waals surface area contributed by atoms with Gasteiger partial charge in [-0.05, 0) is 25.0 Å². The van der Waals surface area contributed by atoms with Crippen LogP contribution in [0.3, 0.4) is 0 Å². The molecule has 6 heteroatoms. The van der Waals surface area contributed by atoms with Gasteiger partial charge in [0.1, 0.15) is 5.70 Å². The normalized spacial score (nSPS) is 14.5. The largest absolute Gasteiger partial charge is 0.466 e. The van der Waals surface area contributed by atoms with Crippen LogP contribution in [0.1, 0.15) is 11.1 Å². The van der Waals surface area contributed by atoms with E-state index in [4.69, 9.17) is 9.84 Å². The number of benzene rings is 1. The predicted molar refractivity (Wildman–Crippen MR) is 82.2 cm³/mol. The summed E-state index contributed by atoms with van der Waals surface area (Å²) in [5.41, 5.74) is 3.26. The Morgan fingerprint density at radius 2 is 2.00 bits per heavy atom. The van der Waals surface area contributed by atoms with Crippen LogP contribution in [0.2, 0.25) is 0 Å². The summed E-state index contributed by atoms with van der Waals surface area (Å²) >= 11 is 0. The number of carbonyl (C=O) groups is 2. The smallest absolute Gasteiger partial charge is 0.337 e. The minimum atomic E-state index is -0.539. The number of aliphatic hydroxyl groups excluding tert-OH is 1. The number of hydrogen-bond acceptors (Lipinski definition) is 5. The first-order chi connectivity index (χ1) is 10.5. The standard InChI is InChI=1S/C16H20N2O4/c1-10-5-4-6-11(2)13(10)17-14-12(16(21)22-3)9-18(7-8-19)15(14)20/h4-6,17,19H,7-9H2,1-3H3. The molecule has 22 heavy (non-hydrogen) atoms. The predicted octanol–water partition coefficient (Wildman–Crippen LogP) is 0.977. The summed E-state index contributed by atoms with van der Waals surface area (Å²) in [6.07, 6.45) is 0. The zero-order valence-corrected chi connectivity index (χ0v) is 13.0. The van der Waals surface area contributed by atoms with Crippen LogP contribution in [-0.2, 0) is 14.3 Å². The van der Waals surface area contributed by atoms with Crippen molar-refractivity contribution in [3.8, 4) is 0 Å². The summed E-state index contributed by atoms with van der Waals surface area (Å²) in [7, 11) is 1.28. The summed E-state index contributed by atoms with van der Waals surface area (Å²) in [4.78, 5) is 25.8. The molecule has 0 aliphatic carbocycles. The van der Waals surface area contributed by atoms with E-state index in [1.165, 1.54) is 12.0 Å². The van der Waals surface area contributed by atoms with Crippen molar-refractivity contribution < 1.29 is 19.4 Å². The Morgan fingerprint density at radius 1 is 1.36 bits per heavy atom. The van der Waals surface area contributed by atoms with Gasteiger partial charge in [-0.3, -0.25) is 4.79 Å². The number of nitrogens with one attached hydrogen (secondary N) is 1. The number of amides is 1. The lowest BCUT2D eigenvalue weighted by Gasteiger charge is -2.16. The lowest BCUT2D eigenvalue weighted by atomic mass is 10.1. The lowest BCUT2D eigenvalue weighted by molar-refractivity contribution is -0.136. The molecule has 1 heterocycles. The number of anilines is 1. The number of hydrogen-bond donors (Lipinski definition) is 2. The van der Waals surface area contributed by atoms with Crippen molar-refractivity contribution in [2.75, 3.05) is 32.1 Å². The summed E-state index contributed by atoms with van der Waals surface area (Å²) in [5, 5.41) is 12.1. The van der Waals surface area contributed by atoms with Crippen LogP contribution >= 0.6 is 0 Å². The Morgan fingerprint density at radius 3 is 2.55 bits per heavy atom. The molecule has 1 aliphatic rings. The van der Waals surface area contributed by atoms with E-state index < -0.39 is 5.97 Å². The van der Waals surface area contributed by atoms with Crippen molar-refractivity contribution >= 4 is 17.6 Å². The van der Waals surface area contributed by atoms with Crippen LogP contribution in [-0.4, -0.2) is 48.7 Å². The number of carbonyl (C=O) groups excluding carboxylic acids is 2. The highest BCUT2D eigenvalue weighted by Crippen LogP contribution is 2.26. The van der Waals surface area contributed by atoms with E-state index in [0.717, 1.165) is 16.8 Å². The molecule has 0 saturated heterocycles. The fourth-order valence-electron chi connectivity index (χ4n) is 2.49. The molecular formula is C16H20N2O4. The Kier molecular flexibility index (Phi) is 4.82. The summed E-state index contributed by atoms with van der Waals surface area (Å²) in [5.74, 6) is -0.848. The van der Waals surface area contributed by atoms with E-state index in [0.29, 0.717) is 0 Å². The second kappa shape index (κ2) is 6.62. The number of β-amino-alcohol motifs (C(OH)–C–C–N with tert-alkyl or cyclic N) is 1. The molecule has 0 spiro atoms. The summed E-state index contributed by atoms with van der Waals surface area (Å²) in [6.45, 7) is 4.02. The molecule has 0 atom stereocenters. The maximum absolute atomic E-state index is 12.4. The van der Waals surface area contributed by atoms with E-state index in [2.05, 4.69) is 5.32 Å². The third-order valence-electron chi connectivity index (χ3n) is 3.68. The number of rotatable bonds is 5. The van der Waals surface area contributed by atoms with E-state index >= 15 is 0 Å². The quantitative estimate of drug-likeness (QED) is 0.793. The molecule has 0 saturated carbocycles. The third kappa shape index (κ3) is 2.96. The average Bonchev–Trinajstić information content (AvgIpc) is 2.80. The van der Waals surface area contributed by atoms with Gasteiger partial charge in [0.2, 0.25) is 0 Å². The highest BCUT2D eigenvalue weighted by atomic mass is 16.5. The summed E-state index contributed by atoms with van der Waals surface area (Å²) < 4.78 is 4.76. The van der Waals surface area contributed by atoms with Gasteiger partial charge in [-0.1, -0.05) is 18.2 Å². The highest BCUT2D eigenvalue weighted by molar-refractivity contribution is 6.08. The fraction of sp³-hybridized carbons (Fsp3) is 0.375. The average molecular weight is 304 g/mol. The minimum Gasteiger partial charge on any atom is -0.466 e. The monoisotopic (exact) mass is 304 g/mol. The summed E-state index contributed by atoms with van der Waals surface area (Å²) in [6, 6.07) is 5.79. The molecule has 0 bridgehead atoms. The van der Waals surface area contributed by atoms with Crippen molar-refractivity contribution in [1.82, 2.24) is 4.90 Å². The molecule has 0 fully saturated rings. The zero-order valence-electron chi connectivity index (χ0n) is 13.0. The molecular weight excluding hydrogens is 284 g/mol. The minimum absolute atomic E-state index is 0.138. The van der Waals surface area contributed by atoms with Crippen LogP contribution in [0.15, 0.2) is 29.5 Å². The van der Waals surface area contributed by atoms with Crippen molar-refractivity contribution in [1.29, 1.82) is 0 Å². The van der Waals surface area contributed by atoms with Gasteiger partial charge in [-0.2, -0.15) is 0 Å². The van der Waals surface area contributed by atoms with Gasteiger partial charge in [-0.25, -0.2) is 4.79 Å². The SMILES string of the molecule is COC(=O)C1=C(Nc2c(C)cccc2C)C(=O)N(CCO)C1. The topological polar surface area (TPSA) is 78.9 Å². The van der Waals surface area contributed by atoms with Crippen molar-refractivity contribution in [3.05, 3.63) is 40.6 Å². The highest BCUT2D eigenvalue weighted by Gasteiger charge is 2.34. The molecule has 2 rings (SSSR count). The molecule has 0 radical (unpaired) electrons. The molecule has 0 unspecified atom stereocenters. The molecule has 2 N–H and O–H groups in total. The van der Waals surface area contributed by atoms with Crippen LogP contribution < -0.4 is 5.32 Å². The van der Waals surface area contributed by atoms with Gasteiger partial charge in [0.15, 0.2) is 0 Å². The Hall–Kier alpha value is -2.34. The maximum Gasteiger partial charge on any atom is 0.337 e. The second-order valence-electron chi connectivity index (χ2n) is 5.19. The van der Waals surface area contributed by atoms with Crippen molar-refractivity contribution in [3.63, 3.8) is 0 Å². The van der Waals surface area contributed by atoms with Gasteiger partial charge in [-0.15, -0.1) is 0 Å². The van der Waals surface area contributed by atoms with Crippen LogP contribution in [0.4, 0.5) is 5.69 Å². The zero-order chi connectivity index (χ0) is 16.3. The van der Waals surface area contributed by atoms with Crippen LogP contribution in [0, 0.1) is 13.8 Å². The molecule has 6 nitrogen and oxygen atoms in total. The van der Waals surface area contributed by atoms with E-state index in [1.807, 2.05) is 32.0 Å². The first-order valence-electron chi connectivity index (χ1n) is 7.04.